The van der Waals surface area contributed by atoms with Crippen molar-refractivity contribution in [2.75, 3.05) is 0 Å². The van der Waals surface area contributed by atoms with Crippen LogP contribution in [0.4, 0.5) is 5.69 Å². The Balaban J connectivity index is 1.35. The van der Waals surface area contributed by atoms with Gasteiger partial charge in [0, 0.05) is 62.7 Å². The Kier molecular flexibility index (Phi) is 5.87. The van der Waals surface area contributed by atoms with Crippen molar-refractivity contribution < 1.29 is 16.4 Å². The summed E-state index contributed by atoms with van der Waals surface area (Å²) in [5.41, 5.74) is 3.23. The van der Waals surface area contributed by atoms with Crippen LogP contribution in [0.5, 0.6) is 0 Å². The summed E-state index contributed by atoms with van der Waals surface area (Å²) in [5, 5.41) is 16.9. The van der Waals surface area contributed by atoms with E-state index in [4.69, 9.17) is 6.85 Å². The number of fused-ring (bicyclic) bond motifs is 16. The molecule has 0 unspecified atom stereocenters. The molecule has 0 saturated carbocycles. The second-order valence-electron chi connectivity index (χ2n) is 17.2. The zero-order chi connectivity index (χ0) is 56.7. The minimum absolute atomic E-state index is 0.0124. The quantitative estimate of drug-likeness (QED) is 0.162. The first-order valence-electron chi connectivity index (χ1n) is 28.5. The largest absolute Gasteiger partial charge is 0.318 e. The van der Waals surface area contributed by atoms with Gasteiger partial charge in [-0.1, -0.05) is 151 Å². The maximum Gasteiger partial charge on any atom is 0.237 e. The van der Waals surface area contributed by atoms with E-state index in [0.717, 1.165) is 43.7 Å². The number of benzene rings is 10. The molecule has 5 aromatic heterocycles. The van der Waals surface area contributed by atoms with Crippen molar-refractivity contribution in [1.29, 1.82) is 5.26 Å². The van der Waals surface area contributed by atoms with Crippen molar-refractivity contribution in [3.63, 3.8) is 0 Å². The van der Waals surface area contributed by atoms with Gasteiger partial charge in [-0.3, -0.25) is 0 Å². The lowest BCUT2D eigenvalue weighted by Crippen LogP contribution is -2.14. The SMILES string of the molecule is [2H]c1c([2H])c([2H])c2c(sc3c2c([2H])c([2H])c2c4c([2H])c(C([2H])([2H])[2H])c([2H])c([2H])c4n(-c4c(-n5c6ccccc6c6ccccc65)c(C#N)c(-n5c6ccccc6c6ccccc65)c([N+]#[C-])c4-n4c5ccccc5c5ccccc54)c32)c1[2H]. The summed E-state index contributed by atoms with van der Waals surface area (Å²) in [7, 11) is 0. The van der Waals surface area contributed by atoms with Crippen molar-refractivity contribution in [1.82, 2.24) is 18.3 Å². The molecule has 0 atom stereocenters. The molecule has 0 spiro atoms. The van der Waals surface area contributed by atoms with Gasteiger partial charge < -0.3 is 18.3 Å². The van der Waals surface area contributed by atoms with Crippen LogP contribution < -0.4 is 0 Å². The lowest BCUT2D eigenvalue weighted by molar-refractivity contribution is 1.03. The first kappa shape index (κ1) is 28.7. The van der Waals surface area contributed by atoms with Gasteiger partial charge in [-0.25, -0.2) is 4.85 Å². The van der Waals surface area contributed by atoms with Gasteiger partial charge in [0.1, 0.15) is 6.07 Å². The lowest BCUT2D eigenvalue weighted by atomic mass is 10.0. The molecule has 0 fully saturated rings. The molecule has 10 aromatic carbocycles. The first-order valence-corrected chi connectivity index (χ1v) is 23.3. The van der Waals surface area contributed by atoms with E-state index in [0.29, 0.717) is 33.1 Å². The smallest absolute Gasteiger partial charge is 0.237 e. The predicted octanol–water partition coefficient (Wildman–Crippen LogP) is 17.2. The van der Waals surface area contributed by atoms with Crippen LogP contribution in [0.3, 0.4) is 0 Å². The maximum atomic E-state index is 12.6. The highest BCUT2D eigenvalue weighted by Gasteiger charge is 2.35. The van der Waals surface area contributed by atoms with E-state index in [1.54, 1.807) is 4.57 Å². The van der Waals surface area contributed by atoms with Gasteiger partial charge in [0.25, 0.3) is 0 Å². The Morgan fingerprint density at radius 1 is 0.471 bits per heavy atom. The van der Waals surface area contributed by atoms with E-state index >= 15 is 0 Å². The topological polar surface area (TPSA) is 47.9 Å². The minimum Gasteiger partial charge on any atom is -0.318 e. The zero-order valence-corrected chi connectivity index (χ0v) is 37.3. The minimum atomic E-state index is -3.13. The molecule has 0 N–H and O–H groups in total. The van der Waals surface area contributed by atoms with Gasteiger partial charge in [0.2, 0.25) is 5.69 Å². The molecule has 0 aliphatic rings. The summed E-state index contributed by atoms with van der Waals surface area (Å²) >= 11 is 0.910. The number of hydrogen-bond acceptors (Lipinski definition) is 2. The molecule has 70 heavy (non-hydrogen) atoms. The molecule has 0 saturated heterocycles. The van der Waals surface area contributed by atoms with Crippen LogP contribution in [0, 0.1) is 24.8 Å². The summed E-state index contributed by atoms with van der Waals surface area (Å²) in [6.45, 7) is 6.60. The van der Waals surface area contributed by atoms with Crippen LogP contribution in [0.25, 0.3) is 135 Å². The molecule has 0 radical (unpaired) electrons. The number of aromatic nitrogens is 4. The second-order valence-corrected chi connectivity index (χ2v) is 18.3. The lowest BCUT2D eigenvalue weighted by Gasteiger charge is -2.27. The Bertz CT molecular complexity index is 5240. The molecular formula is C63H36N6S. The molecule has 15 aromatic rings. The van der Waals surface area contributed by atoms with E-state index < -0.39 is 66.8 Å². The highest BCUT2D eigenvalue weighted by atomic mass is 32.1. The number of nitrogens with zero attached hydrogens (tertiary/aromatic N) is 6. The van der Waals surface area contributed by atoms with E-state index in [1.165, 1.54) is 0 Å². The van der Waals surface area contributed by atoms with Crippen molar-refractivity contribution in [2.45, 2.75) is 6.85 Å². The normalized spacial score (nSPS) is 14.7. The Morgan fingerprint density at radius 2 is 0.943 bits per heavy atom. The summed E-state index contributed by atoms with van der Waals surface area (Å²) in [6, 6.07) is 43.6. The van der Waals surface area contributed by atoms with Crippen molar-refractivity contribution in [3.05, 3.63) is 223 Å². The fourth-order valence-electron chi connectivity index (χ4n) is 11.1. The number of nitriles is 1. The van der Waals surface area contributed by atoms with E-state index in [-0.39, 0.29) is 76.0 Å². The molecule has 5 heterocycles. The van der Waals surface area contributed by atoms with Crippen molar-refractivity contribution in [2.24, 2.45) is 0 Å². The van der Waals surface area contributed by atoms with Crippen LogP contribution in [0.15, 0.2) is 200 Å². The third kappa shape index (κ3) is 4.98. The van der Waals surface area contributed by atoms with Gasteiger partial charge in [0.15, 0.2) is 0 Å². The predicted molar refractivity (Wildman–Crippen MR) is 292 cm³/mol. The highest BCUT2D eigenvalue weighted by molar-refractivity contribution is 7.26. The second kappa shape index (κ2) is 14.3. The van der Waals surface area contributed by atoms with E-state index in [1.807, 2.05) is 159 Å². The standard InChI is InChI=1S/C63H36N6S/c1-37-31-34-55-47(35-37)45-32-33-46-44-23-9-16-30-56(44)70-63(46)60(45)69(55)62-59(67-51-26-12-5-19-40(51)41-20-6-13-27-52(41)67)48(36-64)58(66-49-24-10-3-17-38(49)39-18-4-11-25-50(39)66)57(65-2)61(62)68-53-28-14-7-21-42(53)43-22-8-15-29-54(43)68/h3-35H,1H3/i1D3,9D,16D,23D,30D,31D,32D,33D,34D,35D. The Labute approximate surface area is 421 Å². The van der Waals surface area contributed by atoms with Gasteiger partial charge >= 0.3 is 0 Å². The molecule has 7 heteroatoms. The fourth-order valence-corrected chi connectivity index (χ4v) is 12.2. The third-order valence-electron chi connectivity index (χ3n) is 13.8. The average molecular weight is 921 g/mol. The summed E-state index contributed by atoms with van der Waals surface area (Å²) in [6.07, 6.45) is 0. The van der Waals surface area contributed by atoms with E-state index in [2.05, 4.69) is 10.9 Å². The van der Waals surface area contributed by atoms with Crippen molar-refractivity contribution >= 4 is 124 Å². The Morgan fingerprint density at radius 3 is 1.44 bits per heavy atom. The number of hydrogen-bond donors (Lipinski definition) is 0. The molecule has 0 bridgehead atoms. The van der Waals surface area contributed by atoms with Gasteiger partial charge in [-0.2, -0.15) is 5.26 Å². The first-order chi connectivity index (χ1) is 39.6. The summed E-state index contributed by atoms with van der Waals surface area (Å²) in [5.74, 6) is 0. The Hall–Kier alpha value is -9.40. The van der Waals surface area contributed by atoms with Crippen LogP contribution >= 0.6 is 11.3 Å². The maximum absolute atomic E-state index is 12.6. The van der Waals surface area contributed by atoms with Crippen LogP contribution in [-0.4, -0.2) is 18.3 Å². The van der Waals surface area contributed by atoms with Gasteiger partial charge in [-0.05, 0) is 61.4 Å². The van der Waals surface area contributed by atoms with E-state index in [9.17, 15) is 21.4 Å². The highest BCUT2D eigenvalue weighted by Crippen LogP contribution is 2.53. The van der Waals surface area contributed by atoms with Crippen LogP contribution in [0.1, 0.15) is 27.6 Å². The van der Waals surface area contributed by atoms with Crippen LogP contribution in [0.2, 0.25) is 0 Å². The van der Waals surface area contributed by atoms with Crippen LogP contribution in [-0.2, 0) is 0 Å². The summed E-state index contributed by atoms with van der Waals surface area (Å²) in [4.78, 5) is 4.55. The molecule has 324 valence electrons. The monoisotopic (exact) mass is 920 g/mol. The molecule has 0 amide bonds. The number of para-hydroxylation sites is 6. The number of thiophene rings is 1. The summed E-state index contributed by atoms with van der Waals surface area (Å²) < 4.78 is 120. The molecule has 0 aliphatic carbocycles. The van der Waals surface area contributed by atoms with Gasteiger partial charge in [-0.15, -0.1) is 11.3 Å². The fraction of sp³-hybridized carbons (Fsp3) is 0.0159. The third-order valence-corrected chi connectivity index (χ3v) is 14.9. The molecule has 6 nitrogen and oxygen atoms in total. The van der Waals surface area contributed by atoms with Crippen molar-refractivity contribution in [3.8, 4) is 28.8 Å². The van der Waals surface area contributed by atoms with Gasteiger partial charge in [0.05, 0.1) is 96.1 Å². The molecule has 0 aliphatic heterocycles. The average Bonchev–Trinajstić information content (AvgIpc) is 3.99. The molecular weight excluding hydrogens is 873 g/mol. The molecule has 15 rings (SSSR count). The zero-order valence-electron chi connectivity index (χ0n) is 48.4. The number of rotatable bonds is 4.